The fourth-order valence-corrected chi connectivity index (χ4v) is 1.69. The lowest BCUT2D eigenvalue weighted by Gasteiger charge is -2.01. The van der Waals surface area contributed by atoms with E-state index in [2.05, 4.69) is 4.98 Å². The summed E-state index contributed by atoms with van der Waals surface area (Å²) in [6, 6.07) is 8.22. The zero-order chi connectivity index (χ0) is 13.3. The highest BCUT2D eigenvalue weighted by Gasteiger charge is 2.25. The molecular weight excluding hydrogens is 238 g/mol. The largest absolute Gasteiger partial charge is 0.505 e. The SMILES string of the molecule is O=C(O)c1[nH]c(C(=O)O)c(-c2ccccc2)c1O. The van der Waals surface area contributed by atoms with Gasteiger partial charge in [0.1, 0.15) is 5.69 Å². The molecule has 0 bridgehead atoms. The Morgan fingerprint density at radius 1 is 0.944 bits per heavy atom. The Kier molecular flexibility index (Phi) is 2.77. The van der Waals surface area contributed by atoms with E-state index in [0.717, 1.165) is 0 Å². The van der Waals surface area contributed by atoms with Gasteiger partial charge in [-0.1, -0.05) is 30.3 Å². The number of nitrogens with one attached hydrogen (secondary N) is 1. The van der Waals surface area contributed by atoms with Crippen molar-refractivity contribution in [3.05, 3.63) is 41.7 Å². The maximum atomic E-state index is 11.0. The van der Waals surface area contributed by atoms with E-state index in [9.17, 15) is 14.7 Å². The second-order valence-corrected chi connectivity index (χ2v) is 3.57. The lowest BCUT2D eigenvalue weighted by atomic mass is 10.0. The lowest BCUT2D eigenvalue weighted by Crippen LogP contribution is -2.01. The van der Waals surface area contributed by atoms with Crippen molar-refractivity contribution in [2.24, 2.45) is 0 Å². The van der Waals surface area contributed by atoms with Gasteiger partial charge in [-0.15, -0.1) is 0 Å². The molecule has 0 amide bonds. The van der Waals surface area contributed by atoms with Crippen LogP contribution in [0.1, 0.15) is 21.0 Å². The van der Waals surface area contributed by atoms with Crippen molar-refractivity contribution in [1.29, 1.82) is 0 Å². The Balaban J connectivity index is 2.73. The highest BCUT2D eigenvalue weighted by atomic mass is 16.4. The van der Waals surface area contributed by atoms with Crippen LogP contribution >= 0.6 is 0 Å². The fourth-order valence-electron chi connectivity index (χ4n) is 1.69. The van der Waals surface area contributed by atoms with Crippen molar-refractivity contribution >= 4 is 11.9 Å². The molecule has 0 aliphatic heterocycles. The monoisotopic (exact) mass is 247 g/mol. The summed E-state index contributed by atoms with van der Waals surface area (Å²) in [5, 5.41) is 27.7. The molecule has 0 aliphatic carbocycles. The molecule has 0 atom stereocenters. The van der Waals surface area contributed by atoms with Gasteiger partial charge >= 0.3 is 11.9 Å². The van der Waals surface area contributed by atoms with Crippen molar-refractivity contribution in [2.45, 2.75) is 0 Å². The number of hydrogen-bond donors (Lipinski definition) is 4. The summed E-state index contributed by atoms with van der Waals surface area (Å²) >= 11 is 0. The molecule has 2 aromatic rings. The van der Waals surface area contributed by atoms with Gasteiger partial charge in [-0.25, -0.2) is 9.59 Å². The normalized spacial score (nSPS) is 10.2. The predicted molar refractivity (Wildman–Crippen MR) is 61.8 cm³/mol. The first-order valence-electron chi connectivity index (χ1n) is 4.99. The van der Waals surface area contributed by atoms with Crippen molar-refractivity contribution in [2.75, 3.05) is 0 Å². The first kappa shape index (κ1) is 11.7. The van der Waals surface area contributed by atoms with Crippen LogP contribution in [0.2, 0.25) is 0 Å². The van der Waals surface area contributed by atoms with E-state index < -0.39 is 23.4 Å². The van der Waals surface area contributed by atoms with Crippen molar-refractivity contribution in [1.82, 2.24) is 4.98 Å². The molecule has 1 aromatic heterocycles. The molecule has 1 heterocycles. The molecule has 4 N–H and O–H groups in total. The van der Waals surface area contributed by atoms with Crippen LogP contribution in [0.15, 0.2) is 30.3 Å². The molecule has 0 saturated heterocycles. The standard InChI is InChI=1S/C12H9NO5/c14-10-7(6-4-2-1-3-5-6)8(11(15)16)13-9(10)12(17)18/h1-5,13-14H,(H,15,16)(H,17,18). The molecule has 18 heavy (non-hydrogen) atoms. The van der Waals surface area contributed by atoms with Gasteiger partial charge < -0.3 is 20.3 Å². The maximum absolute atomic E-state index is 11.0. The molecule has 2 rings (SSSR count). The first-order chi connectivity index (χ1) is 8.52. The fraction of sp³-hybridized carbons (Fsp3) is 0. The molecule has 0 radical (unpaired) electrons. The van der Waals surface area contributed by atoms with Crippen molar-refractivity contribution in [3.8, 4) is 16.9 Å². The van der Waals surface area contributed by atoms with Crippen LogP contribution < -0.4 is 0 Å². The van der Waals surface area contributed by atoms with Gasteiger partial charge in [-0.2, -0.15) is 0 Å². The summed E-state index contributed by atoms with van der Waals surface area (Å²) in [7, 11) is 0. The van der Waals surface area contributed by atoms with Crippen molar-refractivity contribution < 1.29 is 24.9 Å². The van der Waals surface area contributed by atoms with Gasteiger partial charge in [0.25, 0.3) is 0 Å². The van der Waals surface area contributed by atoms with E-state index in [1.54, 1.807) is 30.3 Å². The quantitative estimate of drug-likeness (QED) is 0.660. The third-order valence-corrected chi connectivity index (χ3v) is 2.46. The number of carboxylic acids is 2. The van der Waals surface area contributed by atoms with E-state index in [-0.39, 0.29) is 11.3 Å². The Hall–Kier alpha value is -2.76. The summed E-state index contributed by atoms with van der Waals surface area (Å²) < 4.78 is 0. The molecule has 0 aliphatic rings. The zero-order valence-electron chi connectivity index (χ0n) is 9.04. The van der Waals surface area contributed by atoms with Gasteiger partial charge in [0.2, 0.25) is 0 Å². The summed E-state index contributed by atoms with van der Waals surface area (Å²) in [4.78, 5) is 24.1. The van der Waals surface area contributed by atoms with Crippen LogP contribution in [0.4, 0.5) is 0 Å². The van der Waals surface area contributed by atoms with Crippen LogP contribution in [0.25, 0.3) is 11.1 Å². The number of aromatic hydroxyl groups is 1. The Morgan fingerprint density at radius 3 is 2.00 bits per heavy atom. The molecule has 6 nitrogen and oxygen atoms in total. The maximum Gasteiger partial charge on any atom is 0.356 e. The van der Waals surface area contributed by atoms with Crippen LogP contribution in [0, 0.1) is 0 Å². The minimum Gasteiger partial charge on any atom is -0.505 e. The molecule has 6 heteroatoms. The summed E-state index contributed by atoms with van der Waals surface area (Å²) in [5.41, 5.74) is -0.487. The molecule has 0 spiro atoms. The zero-order valence-corrected chi connectivity index (χ0v) is 9.04. The number of hydrogen-bond acceptors (Lipinski definition) is 3. The molecule has 92 valence electrons. The Morgan fingerprint density at radius 2 is 1.50 bits per heavy atom. The number of aromatic carboxylic acids is 2. The van der Waals surface area contributed by atoms with E-state index in [0.29, 0.717) is 5.56 Å². The molecule has 0 unspecified atom stereocenters. The highest BCUT2D eigenvalue weighted by Crippen LogP contribution is 2.35. The van der Waals surface area contributed by atoms with Gasteiger partial charge in [0.05, 0.1) is 5.56 Å². The number of H-pyrrole nitrogens is 1. The van der Waals surface area contributed by atoms with E-state index in [1.165, 1.54) is 0 Å². The minimum absolute atomic E-state index is 0.0273. The van der Waals surface area contributed by atoms with Gasteiger partial charge in [0.15, 0.2) is 11.4 Å². The number of carbonyl (C=O) groups is 2. The second-order valence-electron chi connectivity index (χ2n) is 3.57. The highest BCUT2D eigenvalue weighted by molar-refractivity contribution is 6.02. The molecule has 1 aromatic carbocycles. The van der Waals surface area contributed by atoms with Gasteiger partial charge in [0, 0.05) is 0 Å². The number of benzene rings is 1. The summed E-state index contributed by atoms with van der Waals surface area (Å²) in [6.45, 7) is 0. The van der Waals surface area contributed by atoms with E-state index in [4.69, 9.17) is 10.2 Å². The number of aromatic nitrogens is 1. The second kappa shape index (κ2) is 4.25. The van der Waals surface area contributed by atoms with Gasteiger partial charge in [-0.3, -0.25) is 0 Å². The smallest absolute Gasteiger partial charge is 0.356 e. The minimum atomic E-state index is -1.42. The third-order valence-electron chi connectivity index (χ3n) is 2.46. The van der Waals surface area contributed by atoms with Gasteiger partial charge in [-0.05, 0) is 5.56 Å². The third kappa shape index (κ3) is 1.80. The number of rotatable bonds is 3. The lowest BCUT2D eigenvalue weighted by molar-refractivity contribution is 0.0687. The number of aromatic amines is 1. The van der Waals surface area contributed by atoms with E-state index >= 15 is 0 Å². The topological polar surface area (TPSA) is 111 Å². The van der Waals surface area contributed by atoms with Crippen LogP contribution in [0.3, 0.4) is 0 Å². The van der Waals surface area contributed by atoms with Crippen molar-refractivity contribution in [3.63, 3.8) is 0 Å². The molecule has 0 saturated carbocycles. The van der Waals surface area contributed by atoms with Crippen LogP contribution in [-0.2, 0) is 0 Å². The average molecular weight is 247 g/mol. The average Bonchev–Trinajstić information content (AvgIpc) is 2.68. The molecule has 0 fully saturated rings. The van der Waals surface area contributed by atoms with Crippen LogP contribution in [0.5, 0.6) is 5.75 Å². The summed E-state index contributed by atoms with van der Waals surface area (Å²) in [5.74, 6) is -3.33. The number of carboxylic acid groups (broad SMARTS) is 2. The summed E-state index contributed by atoms with van der Waals surface area (Å²) in [6.07, 6.45) is 0. The Labute approximate surface area is 101 Å². The van der Waals surface area contributed by atoms with Crippen LogP contribution in [-0.4, -0.2) is 32.2 Å². The first-order valence-corrected chi connectivity index (χ1v) is 4.99. The predicted octanol–water partition coefficient (Wildman–Crippen LogP) is 1.78. The molecular formula is C12H9NO5. The van der Waals surface area contributed by atoms with E-state index in [1.807, 2.05) is 0 Å². The Bertz CT molecular complexity index is 615.